The molecule has 1 radical (unpaired) electrons. The second-order valence-corrected chi connectivity index (χ2v) is 12.5. The Labute approximate surface area is 312 Å². The second-order valence-electron chi connectivity index (χ2n) is 12.5. The maximum Gasteiger partial charge on any atom is 0.128 e. The molecule has 8 aromatic rings. The van der Waals surface area contributed by atoms with Crippen molar-refractivity contribution in [2.75, 3.05) is 0 Å². The van der Waals surface area contributed by atoms with Gasteiger partial charge in [-0.05, 0) is 71.3 Å². The Kier molecular flexibility index (Phi) is 7.30. The Morgan fingerprint density at radius 2 is 1.57 bits per heavy atom. The summed E-state index contributed by atoms with van der Waals surface area (Å²) in [6.45, 7) is 1.22. The van der Waals surface area contributed by atoms with Gasteiger partial charge in [-0.1, -0.05) is 86.3 Å². The fourth-order valence-corrected chi connectivity index (χ4v) is 5.64. The van der Waals surface area contributed by atoms with Crippen LogP contribution < -0.4 is 0 Å². The molecule has 0 aliphatic heterocycles. The van der Waals surface area contributed by atoms with Crippen molar-refractivity contribution >= 4 is 32.7 Å². The molecule has 0 aliphatic rings. The number of hydrogen-bond acceptors (Lipinski definition) is 4. The average Bonchev–Trinajstić information content (AvgIpc) is 3.57. The molecule has 0 unspecified atom stereocenters. The van der Waals surface area contributed by atoms with Crippen molar-refractivity contribution in [3.05, 3.63) is 151 Å². The van der Waals surface area contributed by atoms with E-state index in [1.54, 1.807) is 24.4 Å². The number of nitrogens with zero attached hydrogens (tertiary/aromatic N) is 3. The van der Waals surface area contributed by atoms with E-state index in [0.717, 1.165) is 38.5 Å². The maximum atomic E-state index is 8.39. The first-order chi connectivity index (χ1) is 26.4. The van der Waals surface area contributed by atoms with Crippen LogP contribution in [0, 0.1) is 31.3 Å². The Hall–Kier alpha value is -4.96. The van der Waals surface area contributed by atoms with Gasteiger partial charge in [-0.25, -0.2) is 0 Å². The van der Waals surface area contributed by atoms with E-state index in [9.17, 15) is 0 Å². The van der Waals surface area contributed by atoms with E-state index in [1.165, 1.54) is 18.5 Å². The first kappa shape index (κ1) is 25.1. The number of aryl methyl sites for hydroxylation is 2. The number of fused-ring (bicyclic) bond motifs is 5. The van der Waals surface area contributed by atoms with Crippen molar-refractivity contribution in [2.45, 2.75) is 40.8 Å². The van der Waals surface area contributed by atoms with Gasteiger partial charge in [0.15, 0.2) is 0 Å². The molecule has 0 fully saturated rings. The quantitative estimate of drug-likeness (QED) is 0.166. The zero-order valence-corrected chi connectivity index (χ0v) is 29.5. The zero-order chi connectivity index (χ0) is 40.0. The Morgan fingerprint density at radius 3 is 2.31 bits per heavy atom. The van der Waals surface area contributed by atoms with E-state index in [-0.39, 0.29) is 31.4 Å². The molecule has 4 heterocycles. The molecular formula is C44H37IrN3O-2. The normalized spacial score (nSPS) is 14.5. The van der Waals surface area contributed by atoms with Gasteiger partial charge in [0.1, 0.15) is 5.58 Å². The van der Waals surface area contributed by atoms with E-state index in [1.807, 2.05) is 99.6 Å². The van der Waals surface area contributed by atoms with E-state index >= 15 is 0 Å². The van der Waals surface area contributed by atoms with Gasteiger partial charge in [-0.15, -0.1) is 54.1 Å². The summed E-state index contributed by atoms with van der Waals surface area (Å²) >= 11 is 0. The Bertz CT molecular complexity index is 2670. The van der Waals surface area contributed by atoms with Gasteiger partial charge < -0.3 is 14.4 Å². The smallest absolute Gasteiger partial charge is 0.128 e. The summed E-state index contributed by atoms with van der Waals surface area (Å²) in [6.07, 6.45) is 3.29. The molecule has 4 aromatic heterocycles. The van der Waals surface area contributed by atoms with Gasteiger partial charge in [-0.2, -0.15) is 0 Å². The maximum absolute atomic E-state index is 8.39. The first-order valence-corrected chi connectivity index (χ1v) is 15.6. The molecule has 0 aliphatic carbocycles. The van der Waals surface area contributed by atoms with Crippen molar-refractivity contribution in [1.82, 2.24) is 15.0 Å². The number of furan rings is 1. The van der Waals surface area contributed by atoms with Gasteiger partial charge in [-0.3, -0.25) is 4.98 Å². The van der Waals surface area contributed by atoms with Crippen molar-refractivity contribution in [1.29, 1.82) is 0 Å². The molecule has 0 bridgehead atoms. The molecular weight excluding hydrogens is 779 g/mol. The Morgan fingerprint density at radius 1 is 0.714 bits per heavy atom. The summed E-state index contributed by atoms with van der Waals surface area (Å²) in [6, 6.07) is 38.0. The fourth-order valence-electron chi connectivity index (χ4n) is 5.64. The molecule has 245 valence electrons. The first-order valence-electron chi connectivity index (χ1n) is 19.6. The van der Waals surface area contributed by atoms with Crippen molar-refractivity contribution in [2.24, 2.45) is 5.41 Å². The van der Waals surface area contributed by atoms with Crippen LogP contribution in [0.1, 0.15) is 48.6 Å². The largest absolute Gasteiger partial charge is 0.500 e. The minimum atomic E-state index is -2.32. The predicted molar refractivity (Wildman–Crippen MR) is 198 cm³/mol. The minimum Gasteiger partial charge on any atom is -0.500 e. The van der Waals surface area contributed by atoms with Crippen molar-refractivity contribution < 1.29 is 35.5 Å². The van der Waals surface area contributed by atoms with Gasteiger partial charge in [0.2, 0.25) is 0 Å². The van der Waals surface area contributed by atoms with Crippen LogP contribution in [-0.2, 0) is 26.5 Å². The summed E-state index contributed by atoms with van der Waals surface area (Å²) in [4.78, 5) is 12.8. The number of pyridine rings is 3. The number of benzene rings is 4. The van der Waals surface area contributed by atoms with Crippen molar-refractivity contribution in [3.8, 4) is 33.6 Å². The SMILES string of the molecule is [2H]C([2H])([2H])c1ccc(-c2[c-]ccc3c2oc2c4cc(C([2H])([2H])[2H])ncc4ccc32)nc1.[2H]C([2H])(c1ccc(-c2ccnc(-c3[c-]cccc3)c2)cc1)C(C)(C)C.[Ir]. The number of rotatable bonds is 4. The molecule has 49 heavy (non-hydrogen) atoms. The fraction of sp³-hybridized carbons (Fsp3) is 0.159. The van der Waals surface area contributed by atoms with E-state index in [4.69, 9.17) is 15.4 Å². The van der Waals surface area contributed by atoms with Gasteiger partial charge in [0.05, 0.1) is 5.58 Å². The third kappa shape index (κ3) is 7.54. The van der Waals surface area contributed by atoms with E-state index in [0.29, 0.717) is 33.4 Å². The molecule has 0 amide bonds. The number of aromatic nitrogens is 3. The minimum absolute atomic E-state index is 0. The van der Waals surface area contributed by atoms with Crippen LogP contribution >= 0.6 is 0 Å². The molecule has 8 rings (SSSR count). The molecule has 0 saturated heterocycles. The average molecular weight is 824 g/mol. The summed E-state index contributed by atoms with van der Waals surface area (Å²) in [5.41, 5.74) is 6.60. The molecule has 0 N–H and O–H groups in total. The molecule has 0 spiro atoms. The van der Waals surface area contributed by atoms with E-state index in [2.05, 4.69) is 27.1 Å². The van der Waals surface area contributed by atoms with Crippen LogP contribution in [0.4, 0.5) is 0 Å². The van der Waals surface area contributed by atoms with Crippen LogP contribution in [0.25, 0.3) is 66.4 Å². The Balaban J connectivity index is 0.000000194. The van der Waals surface area contributed by atoms with Crippen LogP contribution in [0.2, 0.25) is 0 Å². The topological polar surface area (TPSA) is 51.8 Å². The zero-order valence-electron chi connectivity index (χ0n) is 35.1. The molecule has 0 atom stereocenters. The van der Waals surface area contributed by atoms with Crippen LogP contribution in [0.15, 0.2) is 126 Å². The molecule has 5 heteroatoms. The van der Waals surface area contributed by atoms with Crippen molar-refractivity contribution in [3.63, 3.8) is 0 Å². The standard InChI is InChI=1S/C22H15N2O.C22H22N.Ir/c1-13-6-9-20(24-11-13)18-5-3-4-16-17-8-7-15-12-23-14(2)10-19(15)22(17)25-21(16)18;1-22(2,3)16-17-9-11-18(12-10-17)20-13-14-23-21(15-20)19-7-5-4-6-8-19;/h3-4,6-12H,1-2H3;4-7,9-15H,16H2,1-3H3;/q2*-1;/i1D3,2D3;16D2;. The van der Waals surface area contributed by atoms with Gasteiger partial charge in [0.25, 0.3) is 0 Å². The summed E-state index contributed by atoms with van der Waals surface area (Å²) in [5, 5.41) is 3.09. The summed E-state index contributed by atoms with van der Waals surface area (Å²) in [5.74, 6) is 0. The molecule has 4 nitrogen and oxygen atoms in total. The molecule has 0 saturated carbocycles. The van der Waals surface area contributed by atoms with E-state index < -0.39 is 25.5 Å². The third-order valence-electron chi connectivity index (χ3n) is 7.80. The summed E-state index contributed by atoms with van der Waals surface area (Å²) in [7, 11) is 0. The van der Waals surface area contributed by atoms with Crippen LogP contribution in [-0.4, -0.2) is 15.0 Å². The number of hydrogen-bond donors (Lipinski definition) is 0. The summed E-state index contributed by atoms with van der Waals surface area (Å²) < 4.78 is 68.5. The van der Waals surface area contributed by atoms with Crippen LogP contribution in [0.3, 0.4) is 0 Å². The second kappa shape index (κ2) is 14.3. The predicted octanol–water partition coefficient (Wildman–Crippen LogP) is 11.4. The van der Waals surface area contributed by atoms with Crippen LogP contribution in [0.5, 0.6) is 0 Å². The van der Waals surface area contributed by atoms with Gasteiger partial charge >= 0.3 is 0 Å². The monoisotopic (exact) mass is 824 g/mol. The third-order valence-corrected chi connectivity index (χ3v) is 7.80. The molecule has 4 aromatic carbocycles. The van der Waals surface area contributed by atoms with Gasteiger partial charge in [0, 0.05) is 71.5 Å².